The van der Waals surface area contributed by atoms with Crippen molar-refractivity contribution in [2.24, 2.45) is 0 Å². The molecule has 0 spiro atoms. The summed E-state index contributed by atoms with van der Waals surface area (Å²) in [5.74, 6) is 0.312. The molecule has 1 saturated heterocycles. The highest BCUT2D eigenvalue weighted by Crippen LogP contribution is 2.35. The molecule has 3 aromatic rings. The van der Waals surface area contributed by atoms with Crippen LogP contribution in [0, 0.1) is 0 Å². The number of morpholine rings is 1. The van der Waals surface area contributed by atoms with E-state index in [1.807, 2.05) is 28.8 Å². The fraction of sp³-hybridized carbons (Fsp3) is 0.500. The minimum Gasteiger partial charge on any atom is -0.446 e. The summed E-state index contributed by atoms with van der Waals surface area (Å²) in [6.45, 7) is 4.48. The van der Waals surface area contributed by atoms with Crippen LogP contribution >= 0.6 is 0 Å². The molecule has 1 aromatic carbocycles. The molecule has 8 heteroatoms. The van der Waals surface area contributed by atoms with E-state index in [0.717, 1.165) is 50.2 Å². The maximum absolute atomic E-state index is 12.8. The molecule has 2 aromatic heterocycles. The Labute approximate surface area is 175 Å². The fourth-order valence-electron chi connectivity index (χ4n) is 4.78. The van der Waals surface area contributed by atoms with Crippen LogP contribution in [-0.4, -0.2) is 63.7 Å². The Morgan fingerprint density at radius 2 is 1.97 bits per heavy atom. The van der Waals surface area contributed by atoms with Gasteiger partial charge >= 0.3 is 0 Å². The number of hydrogen-bond donors (Lipinski definition) is 1. The van der Waals surface area contributed by atoms with Gasteiger partial charge in [0.15, 0.2) is 5.69 Å². The van der Waals surface area contributed by atoms with Crippen LogP contribution in [0.4, 0.5) is 0 Å². The molecule has 3 heterocycles. The molecule has 0 radical (unpaired) electrons. The molecule has 1 N–H and O–H groups in total. The third-order valence-electron chi connectivity index (χ3n) is 6.41. The first-order valence-corrected chi connectivity index (χ1v) is 10.7. The lowest BCUT2D eigenvalue weighted by atomic mass is 9.94. The van der Waals surface area contributed by atoms with E-state index >= 15 is 0 Å². The van der Waals surface area contributed by atoms with E-state index < -0.39 is 0 Å². The van der Waals surface area contributed by atoms with Crippen LogP contribution in [0.3, 0.4) is 0 Å². The van der Waals surface area contributed by atoms with Crippen molar-refractivity contribution in [3.8, 4) is 0 Å². The predicted molar refractivity (Wildman–Crippen MR) is 111 cm³/mol. The Hall–Kier alpha value is -2.71. The van der Waals surface area contributed by atoms with Crippen LogP contribution in [0.5, 0.6) is 0 Å². The fourth-order valence-corrected chi connectivity index (χ4v) is 4.78. The molecule has 5 rings (SSSR count). The van der Waals surface area contributed by atoms with Crippen LogP contribution < -0.4 is 5.32 Å². The lowest BCUT2D eigenvalue weighted by molar-refractivity contribution is -0.0199. The molecule has 2 fully saturated rings. The van der Waals surface area contributed by atoms with Gasteiger partial charge in [0.05, 0.1) is 30.6 Å². The van der Waals surface area contributed by atoms with Gasteiger partial charge in [-0.3, -0.25) is 9.69 Å². The van der Waals surface area contributed by atoms with Gasteiger partial charge in [-0.25, -0.2) is 9.97 Å². The molecule has 30 heavy (non-hydrogen) atoms. The minimum absolute atomic E-state index is 0.0434. The Bertz CT molecular complexity index is 1010. The number of fused-ring (bicyclic) bond motifs is 1. The summed E-state index contributed by atoms with van der Waals surface area (Å²) < 4.78 is 13.1. The Kier molecular flexibility index (Phi) is 5.26. The average molecular weight is 409 g/mol. The van der Waals surface area contributed by atoms with Crippen molar-refractivity contribution in [1.29, 1.82) is 0 Å². The zero-order valence-electron chi connectivity index (χ0n) is 17.0. The molecular formula is C22H27N5O3. The second-order valence-electron chi connectivity index (χ2n) is 8.20. The first-order chi connectivity index (χ1) is 14.7. The van der Waals surface area contributed by atoms with E-state index in [0.29, 0.717) is 24.7 Å². The van der Waals surface area contributed by atoms with E-state index in [-0.39, 0.29) is 11.4 Å². The number of imidazole rings is 1. The Morgan fingerprint density at radius 1 is 1.17 bits per heavy atom. The molecule has 1 saturated carbocycles. The van der Waals surface area contributed by atoms with Crippen LogP contribution in [0.1, 0.15) is 42.1 Å². The summed E-state index contributed by atoms with van der Waals surface area (Å²) in [6, 6.07) is 7.91. The number of oxazole rings is 1. The summed E-state index contributed by atoms with van der Waals surface area (Å²) in [7, 11) is 0. The molecule has 1 amide bonds. The number of nitrogens with zero attached hydrogens (tertiary/aromatic N) is 4. The Balaban J connectivity index is 1.24. The van der Waals surface area contributed by atoms with Gasteiger partial charge in [0, 0.05) is 25.2 Å². The average Bonchev–Trinajstić information content (AvgIpc) is 3.54. The molecule has 0 atom stereocenters. The molecule has 1 aliphatic carbocycles. The van der Waals surface area contributed by atoms with Crippen molar-refractivity contribution in [1.82, 2.24) is 24.8 Å². The number of rotatable bonds is 6. The molecule has 0 unspecified atom stereocenters. The quantitative estimate of drug-likeness (QED) is 0.673. The van der Waals surface area contributed by atoms with Crippen molar-refractivity contribution in [3.05, 3.63) is 48.4 Å². The highest BCUT2D eigenvalue weighted by molar-refractivity contribution is 5.92. The number of carbonyl (C=O) groups excluding carboxylic acids is 1. The molecular weight excluding hydrogens is 382 g/mol. The molecule has 1 aliphatic heterocycles. The predicted octanol–water partition coefficient (Wildman–Crippen LogP) is 2.45. The van der Waals surface area contributed by atoms with Crippen LogP contribution in [0.25, 0.3) is 11.0 Å². The summed E-state index contributed by atoms with van der Waals surface area (Å²) >= 11 is 0. The maximum atomic E-state index is 12.8. The van der Waals surface area contributed by atoms with Gasteiger partial charge in [-0.15, -0.1) is 0 Å². The summed E-state index contributed by atoms with van der Waals surface area (Å²) in [6.07, 6.45) is 7.86. The molecule has 158 valence electrons. The smallest absolute Gasteiger partial charge is 0.273 e. The van der Waals surface area contributed by atoms with Crippen LogP contribution in [0.15, 0.2) is 41.3 Å². The van der Waals surface area contributed by atoms with Crippen molar-refractivity contribution in [2.75, 3.05) is 32.8 Å². The number of benzene rings is 1. The SMILES string of the molecule is O=C(NCC1(N2CCOCC2)CCCC1)c1coc(Cn2cnc3ccccc32)n1. The lowest BCUT2D eigenvalue weighted by Gasteiger charge is -2.43. The van der Waals surface area contributed by atoms with E-state index in [1.54, 1.807) is 6.33 Å². The first kappa shape index (κ1) is 19.3. The second-order valence-corrected chi connectivity index (χ2v) is 8.20. The number of para-hydroxylation sites is 2. The maximum Gasteiger partial charge on any atom is 0.273 e. The third kappa shape index (κ3) is 3.73. The van der Waals surface area contributed by atoms with Gasteiger partial charge < -0.3 is 19.0 Å². The van der Waals surface area contributed by atoms with Gasteiger partial charge in [-0.05, 0) is 25.0 Å². The van der Waals surface area contributed by atoms with Crippen molar-refractivity contribution in [3.63, 3.8) is 0 Å². The number of carbonyl (C=O) groups is 1. The second kappa shape index (κ2) is 8.20. The first-order valence-electron chi connectivity index (χ1n) is 10.7. The summed E-state index contributed by atoms with van der Waals surface area (Å²) in [5, 5.41) is 3.12. The zero-order chi connectivity index (χ0) is 20.4. The minimum atomic E-state index is -0.181. The molecule has 0 bridgehead atoms. The van der Waals surface area contributed by atoms with Crippen molar-refractivity contribution >= 4 is 16.9 Å². The monoisotopic (exact) mass is 409 g/mol. The number of aromatic nitrogens is 3. The molecule has 2 aliphatic rings. The summed E-state index contributed by atoms with van der Waals surface area (Å²) in [5.41, 5.74) is 2.30. The van der Waals surface area contributed by atoms with Gasteiger partial charge in [0.25, 0.3) is 5.91 Å². The summed E-state index contributed by atoms with van der Waals surface area (Å²) in [4.78, 5) is 24.1. The van der Waals surface area contributed by atoms with Crippen LogP contribution in [0.2, 0.25) is 0 Å². The standard InChI is InChI=1S/C22H27N5O3/c28-21(23-15-22(7-3-4-8-22)27-9-11-29-12-10-27)18-14-30-20(25-18)13-26-16-24-17-5-1-2-6-19(17)26/h1-2,5-6,14,16H,3-4,7-13,15H2,(H,23,28). The third-order valence-corrected chi connectivity index (χ3v) is 6.41. The van der Waals surface area contributed by atoms with E-state index in [9.17, 15) is 4.79 Å². The molecule has 8 nitrogen and oxygen atoms in total. The van der Waals surface area contributed by atoms with Gasteiger partial charge in [0.2, 0.25) is 5.89 Å². The van der Waals surface area contributed by atoms with Gasteiger partial charge in [0.1, 0.15) is 12.8 Å². The van der Waals surface area contributed by atoms with E-state index in [2.05, 4.69) is 20.2 Å². The van der Waals surface area contributed by atoms with Crippen molar-refractivity contribution in [2.45, 2.75) is 37.8 Å². The highest BCUT2D eigenvalue weighted by atomic mass is 16.5. The lowest BCUT2D eigenvalue weighted by Crippen LogP contribution is -2.57. The zero-order valence-corrected chi connectivity index (χ0v) is 17.0. The number of ether oxygens (including phenoxy) is 1. The number of hydrogen-bond acceptors (Lipinski definition) is 6. The highest BCUT2D eigenvalue weighted by Gasteiger charge is 2.40. The number of amides is 1. The van der Waals surface area contributed by atoms with E-state index in [4.69, 9.17) is 9.15 Å². The number of nitrogens with one attached hydrogen (secondary N) is 1. The largest absolute Gasteiger partial charge is 0.446 e. The topological polar surface area (TPSA) is 85.4 Å². The van der Waals surface area contributed by atoms with Gasteiger partial charge in [-0.1, -0.05) is 25.0 Å². The Morgan fingerprint density at radius 3 is 2.80 bits per heavy atom. The normalized spacial score (nSPS) is 19.3. The van der Waals surface area contributed by atoms with E-state index in [1.165, 1.54) is 19.1 Å². The van der Waals surface area contributed by atoms with Gasteiger partial charge in [-0.2, -0.15) is 0 Å². The van der Waals surface area contributed by atoms with Crippen LogP contribution in [-0.2, 0) is 11.3 Å². The van der Waals surface area contributed by atoms with Crippen molar-refractivity contribution < 1.29 is 13.9 Å².